The van der Waals surface area contributed by atoms with E-state index in [0.717, 1.165) is 19.0 Å². The molecule has 0 aliphatic heterocycles. The van der Waals surface area contributed by atoms with Crippen LogP contribution in [0.15, 0.2) is 30.3 Å². The molecule has 1 aromatic carbocycles. The SMILES string of the molecule is CCN(CC)C(C)(c1ccccc1)C1CCCC1. The fraction of sp³-hybridized carbons (Fsp3) is 0.647. The van der Waals surface area contributed by atoms with Crippen molar-refractivity contribution in [2.24, 2.45) is 5.92 Å². The zero-order valence-electron chi connectivity index (χ0n) is 12.2. The molecule has 0 amide bonds. The van der Waals surface area contributed by atoms with E-state index in [0.29, 0.717) is 0 Å². The molecule has 1 aromatic rings. The van der Waals surface area contributed by atoms with Crippen molar-refractivity contribution in [3.05, 3.63) is 35.9 Å². The van der Waals surface area contributed by atoms with E-state index < -0.39 is 0 Å². The summed E-state index contributed by atoms with van der Waals surface area (Å²) < 4.78 is 0. The largest absolute Gasteiger partial charge is 0.294 e. The van der Waals surface area contributed by atoms with E-state index in [4.69, 9.17) is 0 Å². The Balaban J connectivity index is 2.38. The van der Waals surface area contributed by atoms with Gasteiger partial charge in [0.1, 0.15) is 0 Å². The van der Waals surface area contributed by atoms with Crippen LogP contribution < -0.4 is 0 Å². The van der Waals surface area contributed by atoms with E-state index in [9.17, 15) is 0 Å². The number of nitrogens with zero attached hydrogens (tertiary/aromatic N) is 1. The van der Waals surface area contributed by atoms with Crippen LogP contribution in [0.4, 0.5) is 0 Å². The van der Waals surface area contributed by atoms with Crippen LogP contribution in [0.5, 0.6) is 0 Å². The van der Waals surface area contributed by atoms with Gasteiger partial charge in [-0.2, -0.15) is 0 Å². The third-order valence-corrected chi connectivity index (χ3v) is 4.93. The van der Waals surface area contributed by atoms with Gasteiger partial charge in [0.2, 0.25) is 0 Å². The van der Waals surface area contributed by atoms with Gasteiger partial charge >= 0.3 is 0 Å². The first-order valence-corrected chi connectivity index (χ1v) is 7.54. The van der Waals surface area contributed by atoms with Crippen LogP contribution in [0.3, 0.4) is 0 Å². The Morgan fingerprint density at radius 3 is 2.11 bits per heavy atom. The molecule has 0 saturated heterocycles. The van der Waals surface area contributed by atoms with Crippen molar-refractivity contribution in [3.8, 4) is 0 Å². The van der Waals surface area contributed by atoms with Crippen LogP contribution in [0.25, 0.3) is 0 Å². The van der Waals surface area contributed by atoms with Crippen molar-refractivity contribution in [1.29, 1.82) is 0 Å². The molecule has 1 fully saturated rings. The first kappa shape index (κ1) is 13.6. The quantitative estimate of drug-likeness (QED) is 0.741. The molecule has 1 unspecified atom stereocenters. The van der Waals surface area contributed by atoms with Crippen molar-refractivity contribution in [2.45, 2.75) is 52.0 Å². The predicted molar refractivity (Wildman–Crippen MR) is 78.7 cm³/mol. The van der Waals surface area contributed by atoms with Crippen LogP contribution in [0, 0.1) is 5.92 Å². The van der Waals surface area contributed by atoms with Gasteiger partial charge in [0.25, 0.3) is 0 Å². The average molecular weight is 245 g/mol. The van der Waals surface area contributed by atoms with Gasteiger partial charge < -0.3 is 0 Å². The van der Waals surface area contributed by atoms with E-state index in [-0.39, 0.29) is 5.54 Å². The molecule has 2 rings (SSSR count). The van der Waals surface area contributed by atoms with Gasteiger partial charge in [-0.15, -0.1) is 0 Å². The maximum atomic E-state index is 2.65. The summed E-state index contributed by atoms with van der Waals surface area (Å²) >= 11 is 0. The maximum Gasteiger partial charge on any atom is 0.0460 e. The first-order chi connectivity index (χ1) is 8.73. The monoisotopic (exact) mass is 245 g/mol. The first-order valence-electron chi connectivity index (χ1n) is 7.54. The highest BCUT2D eigenvalue weighted by molar-refractivity contribution is 5.25. The van der Waals surface area contributed by atoms with Gasteiger partial charge in [0, 0.05) is 5.54 Å². The molecule has 0 spiro atoms. The van der Waals surface area contributed by atoms with Crippen LogP contribution in [0.2, 0.25) is 0 Å². The molecule has 0 radical (unpaired) electrons. The molecule has 0 aromatic heterocycles. The lowest BCUT2D eigenvalue weighted by Gasteiger charge is -2.45. The maximum absolute atomic E-state index is 2.65. The molecule has 1 nitrogen and oxygen atoms in total. The van der Waals surface area contributed by atoms with E-state index >= 15 is 0 Å². The Bertz CT molecular complexity index is 345. The van der Waals surface area contributed by atoms with E-state index in [2.05, 4.69) is 56.0 Å². The lowest BCUT2D eigenvalue weighted by Crippen LogP contribution is -2.48. The Labute approximate surface area is 112 Å². The van der Waals surface area contributed by atoms with Crippen LogP contribution in [-0.4, -0.2) is 18.0 Å². The fourth-order valence-electron chi connectivity index (χ4n) is 3.82. The second-order valence-electron chi connectivity index (χ2n) is 5.67. The summed E-state index contributed by atoms with van der Waals surface area (Å²) in [4.78, 5) is 2.65. The van der Waals surface area contributed by atoms with Gasteiger partial charge in [-0.3, -0.25) is 4.90 Å². The second kappa shape index (κ2) is 5.88. The lowest BCUT2D eigenvalue weighted by atomic mass is 9.77. The Kier molecular flexibility index (Phi) is 4.45. The summed E-state index contributed by atoms with van der Waals surface area (Å²) in [5, 5.41) is 0. The highest BCUT2D eigenvalue weighted by Gasteiger charge is 2.40. The van der Waals surface area contributed by atoms with Crippen molar-refractivity contribution in [3.63, 3.8) is 0 Å². The average Bonchev–Trinajstić information content (AvgIpc) is 2.95. The Morgan fingerprint density at radius 2 is 1.61 bits per heavy atom. The minimum absolute atomic E-state index is 0.223. The summed E-state index contributed by atoms with van der Waals surface area (Å²) in [5.74, 6) is 0.819. The van der Waals surface area contributed by atoms with Crippen molar-refractivity contribution < 1.29 is 0 Å². The van der Waals surface area contributed by atoms with E-state index in [1.165, 1.54) is 31.2 Å². The van der Waals surface area contributed by atoms with Gasteiger partial charge in [-0.05, 0) is 44.3 Å². The van der Waals surface area contributed by atoms with Gasteiger partial charge in [0.05, 0.1) is 0 Å². The van der Waals surface area contributed by atoms with E-state index in [1.54, 1.807) is 0 Å². The van der Waals surface area contributed by atoms with Crippen LogP contribution >= 0.6 is 0 Å². The molecule has 1 atom stereocenters. The molecule has 1 aliphatic carbocycles. The molecule has 1 aliphatic rings. The summed E-state index contributed by atoms with van der Waals surface area (Å²) in [6, 6.07) is 11.1. The molecule has 100 valence electrons. The third-order valence-electron chi connectivity index (χ3n) is 4.93. The molecule has 1 heteroatoms. The number of hydrogen-bond donors (Lipinski definition) is 0. The molecule has 0 heterocycles. The summed E-state index contributed by atoms with van der Waals surface area (Å²) in [6.07, 6.45) is 5.60. The zero-order valence-corrected chi connectivity index (χ0v) is 12.2. The van der Waals surface area contributed by atoms with Gasteiger partial charge in [0.15, 0.2) is 0 Å². The Morgan fingerprint density at radius 1 is 1.06 bits per heavy atom. The van der Waals surface area contributed by atoms with Crippen molar-refractivity contribution >= 4 is 0 Å². The highest BCUT2D eigenvalue weighted by atomic mass is 15.2. The van der Waals surface area contributed by atoms with Gasteiger partial charge in [-0.25, -0.2) is 0 Å². The molecule has 1 saturated carbocycles. The normalized spacial score (nSPS) is 20.2. The molecule has 18 heavy (non-hydrogen) atoms. The predicted octanol–water partition coefficient (Wildman–Crippen LogP) is 4.43. The summed E-state index contributed by atoms with van der Waals surface area (Å²) in [6.45, 7) is 9.32. The zero-order chi connectivity index (χ0) is 13.0. The minimum Gasteiger partial charge on any atom is -0.294 e. The molecule has 0 N–H and O–H groups in total. The molecular formula is C17H27N. The molecular weight excluding hydrogens is 218 g/mol. The standard InChI is InChI=1S/C17H27N/c1-4-18(5-2)17(3,16-13-9-10-14-16)15-11-7-6-8-12-15/h6-8,11-12,16H,4-5,9-10,13-14H2,1-3H3. The second-order valence-corrected chi connectivity index (χ2v) is 5.67. The van der Waals surface area contributed by atoms with Crippen LogP contribution in [-0.2, 0) is 5.54 Å². The molecule has 0 bridgehead atoms. The van der Waals surface area contributed by atoms with Crippen molar-refractivity contribution in [2.75, 3.05) is 13.1 Å². The Hall–Kier alpha value is -0.820. The number of rotatable bonds is 5. The number of benzene rings is 1. The highest BCUT2D eigenvalue weighted by Crippen LogP contribution is 2.44. The fourth-order valence-corrected chi connectivity index (χ4v) is 3.82. The third kappa shape index (κ3) is 2.33. The minimum atomic E-state index is 0.223. The number of hydrogen-bond acceptors (Lipinski definition) is 1. The topological polar surface area (TPSA) is 3.24 Å². The summed E-state index contributed by atoms with van der Waals surface area (Å²) in [5.41, 5.74) is 1.72. The van der Waals surface area contributed by atoms with E-state index in [1.807, 2.05) is 0 Å². The smallest absolute Gasteiger partial charge is 0.0460 e. The van der Waals surface area contributed by atoms with Gasteiger partial charge in [-0.1, -0.05) is 57.0 Å². The van der Waals surface area contributed by atoms with Crippen molar-refractivity contribution in [1.82, 2.24) is 4.90 Å². The summed E-state index contributed by atoms with van der Waals surface area (Å²) in [7, 11) is 0. The van der Waals surface area contributed by atoms with Crippen LogP contribution in [0.1, 0.15) is 52.0 Å². The lowest BCUT2D eigenvalue weighted by molar-refractivity contribution is 0.0547.